The van der Waals surface area contributed by atoms with Gasteiger partial charge in [-0.1, -0.05) is 12.1 Å². The third-order valence-corrected chi connectivity index (χ3v) is 4.44. The van der Waals surface area contributed by atoms with Gasteiger partial charge in [0.1, 0.15) is 12.4 Å². The Labute approximate surface area is 160 Å². The predicted octanol–water partition coefficient (Wildman–Crippen LogP) is 2.82. The van der Waals surface area contributed by atoms with E-state index in [4.69, 9.17) is 13.9 Å². The summed E-state index contributed by atoms with van der Waals surface area (Å²) in [6, 6.07) is 12.6. The molecule has 0 amide bonds. The lowest BCUT2D eigenvalue weighted by molar-refractivity contribution is 0.355. The number of benzene rings is 2. The van der Waals surface area contributed by atoms with E-state index in [0.717, 1.165) is 0 Å². The van der Waals surface area contributed by atoms with Crippen LogP contribution < -0.4 is 15.0 Å². The van der Waals surface area contributed by atoms with Gasteiger partial charge in [0, 0.05) is 5.56 Å². The van der Waals surface area contributed by atoms with Crippen LogP contribution in [0.4, 0.5) is 0 Å². The van der Waals surface area contributed by atoms with Crippen molar-refractivity contribution in [1.82, 2.24) is 19.7 Å². The maximum atomic E-state index is 12.8. The van der Waals surface area contributed by atoms with Crippen molar-refractivity contribution < 1.29 is 13.9 Å². The van der Waals surface area contributed by atoms with Crippen LogP contribution in [0.15, 0.2) is 51.7 Å². The molecule has 0 saturated heterocycles. The second-order valence-corrected chi connectivity index (χ2v) is 6.14. The van der Waals surface area contributed by atoms with E-state index in [1.807, 2.05) is 18.2 Å². The first-order chi connectivity index (χ1) is 13.6. The number of methoxy groups -OCH3 is 2. The molecule has 142 valence electrons. The average Bonchev–Trinajstić information content (AvgIpc) is 3.19. The highest BCUT2D eigenvalue weighted by atomic mass is 16.5. The van der Waals surface area contributed by atoms with Crippen LogP contribution in [0.25, 0.3) is 22.4 Å². The van der Waals surface area contributed by atoms with Gasteiger partial charge in [-0.15, -0.1) is 10.2 Å². The predicted molar refractivity (Wildman–Crippen MR) is 103 cm³/mol. The van der Waals surface area contributed by atoms with Crippen LogP contribution >= 0.6 is 0 Å². The van der Waals surface area contributed by atoms with Gasteiger partial charge in [-0.3, -0.25) is 9.36 Å². The molecule has 0 aliphatic heterocycles. The molecule has 0 aliphatic rings. The van der Waals surface area contributed by atoms with Gasteiger partial charge in [-0.05, 0) is 37.3 Å². The summed E-state index contributed by atoms with van der Waals surface area (Å²) in [4.78, 5) is 17.3. The monoisotopic (exact) mass is 378 g/mol. The first-order valence-electron chi connectivity index (χ1n) is 8.61. The first kappa shape index (κ1) is 17.7. The summed E-state index contributed by atoms with van der Waals surface area (Å²) >= 11 is 0. The largest absolute Gasteiger partial charge is 0.493 e. The smallest absolute Gasteiger partial charge is 0.261 e. The van der Waals surface area contributed by atoms with Crippen LogP contribution in [0, 0.1) is 6.92 Å². The van der Waals surface area contributed by atoms with Crippen LogP contribution in [0.3, 0.4) is 0 Å². The molecule has 0 saturated carbocycles. The molecular formula is C20H18N4O4. The van der Waals surface area contributed by atoms with Gasteiger partial charge in [-0.25, -0.2) is 4.98 Å². The molecule has 28 heavy (non-hydrogen) atoms. The van der Waals surface area contributed by atoms with Gasteiger partial charge >= 0.3 is 0 Å². The fraction of sp³-hybridized carbons (Fsp3) is 0.200. The Hall–Kier alpha value is -3.68. The van der Waals surface area contributed by atoms with Crippen molar-refractivity contribution in [3.05, 3.63) is 64.5 Å². The number of ether oxygens (including phenoxy) is 2. The molecule has 2 heterocycles. The summed E-state index contributed by atoms with van der Waals surface area (Å²) in [5.74, 6) is 2.39. The van der Waals surface area contributed by atoms with Gasteiger partial charge in [0.15, 0.2) is 11.5 Å². The molecule has 0 N–H and O–H groups in total. The summed E-state index contributed by atoms with van der Waals surface area (Å²) in [5, 5.41) is 8.71. The first-order valence-corrected chi connectivity index (χ1v) is 8.61. The lowest BCUT2D eigenvalue weighted by atomic mass is 10.2. The fourth-order valence-electron chi connectivity index (χ4n) is 3.00. The SMILES string of the molecule is COc1ccc(-c2nnc(Cn3c(C)nc4ccccc4c3=O)o2)cc1OC. The molecule has 0 radical (unpaired) electrons. The van der Waals surface area contributed by atoms with Crippen molar-refractivity contribution >= 4 is 10.9 Å². The Morgan fingerprint density at radius 1 is 1.04 bits per heavy atom. The topological polar surface area (TPSA) is 92.3 Å². The third kappa shape index (κ3) is 3.09. The van der Waals surface area contributed by atoms with Gasteiger partial charge in [0.25, 0.3) is 5.56 Å². The Balaban J connectivity index is 1.68. The molecule has 0 atom stereocenters. The summed E-state index contributed by atoms with van der Waals surface area (Å²) in [5.41, 5.74) is 1.21. The molecule has 2 aromatic carbocycles. The summed E-state index contributed by atoms with van der Waals surface area (Å²) < 4.78 is 17.8. The summed E-state index contributed by atoms with van der Waals surface area (Å²) in [6.45, 7) is 1.92. The third-order valence-electron chi connectivity index (χ3n) is 4.44. The zero-order valence-corrected chi connectivity index (χ0v) is 15.7. The lowest BCUT2D eigenvalue weighted by Gasteiger charge is -2.08. The zero-order chi connectivity index (χ0) is 19.7. The van der Waals surface area contributed by atoms with Crippen LogP contribution in [-0.4, -0.2) is 34.0 Å². The van der Waals surface area contributed by atoms with E-state index in [1.165, 1.54) is 4.57 Å². The Bertz CT molecular complexity index is 1210. The Morgan fingerprint density at radius 2 is 1.82 bits per heavy atom. The number of nitrogens with zero attached hydrogens (tertiary/aromatic N) is 4. The Kier molecular flexibility index (Phi) is 4.52. The van der Waals surface area contributed by atoms with E-state index in [2.05, 4.69) is 15.2 Å². The molecule has 4 rings (SSSR count). The highest BCUT2D eigenvalue weighted by Gasteiger charge is 2.15. The van der Waals surface area contributed by atoms with Crippen LogP contribution in [0.1, 0.15) is 11.7 Å². The molecule has 4 aromatic rings. The normalized spacial score (nSPS) is 11.0. The fourth-order valence-corrected chi connectivity index (χ4v) is 3.00. The standard InChI is InChI=1S/C20H18N4O4/c1-12-21-15-7-5-4-6-14(15)20(25)24(12)11-18-22-23-19(28-18)13-8-9-16(26-2)17(10-13)27-3/h4-10H,11H2,1-3H3. The van der Waals surface area contributed by atoms with Crippen molar-refractivity contribution in [1.29, 1.82) is 0 Å². The highest BCUT2D eigenvalue weighted by Crippen LogP contribution is 2.31. The van der Waals surface area contributed by atoms with Crippen molar-refractivity contribution in [2.75, 3.05) is 14.2 Å². The Morgan fingerprint density at radius 3 is 2.61 bits per heavy atom. The summed E-state index contributed by atoms with van der Waals surface area (Å²) in [6.07, 6.45) is 0. The van der Waals surface area contributed by atoms with Crippen molar-refractivity contribution in [2.45, 2.75) is 13.5 Å². The number of hydrogen-bond donors (Lipinski definition) is 0. The van der Waals surface area contributed by atoms with E-state index >= 15 is 0 Å². The van der Waals surface area contributed by atoms with E-state index in [0.29, 0.717) is 45.6 Å². The maximum absolute atomic E-state index is 12.8. The number of para-hydroxylation sites is 1. The molecule has 0 unspecified atom stereocenters. The summed E-state index contributed by atoms with van der Waals surface area (Å²) in [7, 11) is 3.13. The van der Waals surface area contributed by atoms with E-state index in [9.17, 15) is 4.79 Å². The van der Waals surface area contributed by atoms with Crippen LogP contribution in [0.5, 0.6) is 11.5 Å². The van der Waals surface area contributed by atoms with Gasteiger partial charge in [-0.2, -0.15) is 0 Å². The average molecular weight is 378 g/mol. The van der Waals surface area contributed by atoms with E-state index < -0.39 is 0 Å². The molecule has 8 heteroatoms. The number of aryl methyl sites for hydroxylation is 1. The molecule has 0 spiro atoms. The van der Waals surface area contributed by atoms with Gasteiger partial charge in [0.2, 0.25) is 11.8 Å². The second-order valence-electron chi connectivity index (χ2n) is 6.14. The number of aromatic nitrogens is 4. The van der Waals surface area contributed by atoms with Gasteiger partial charge in [0.05, 0.1) is 25.1 Å². The van der Waals surface area contributed by atoms with Crippen LogP contribution in [0.2, 0.25) is 0 Å². The number of rotatable bonds is 5. The number of fused-ring (bicyclic) bond motifs is 1. The second kappa shape index (κ2) is 7.15. The molecule has 2 aromatic heterocycles. The molecule has 0 fully saturated rings. The minimum atomic E-state index is -0.144. The molecule has 0 aliphatic carbocycles. The van der Waals surface area contributed by atoms with Crippen molar-refractivity contribution in [3.8, 4) is 23.0 Å². The molecule has 8 nitrogen and oxygen atoms in total. The maximum Gasteiger partial charge on any atom is 0.261 e. The minimum absolute atomic E-state index is 0.142. The molecule has 0 bridgehead atoms. The quantitative estimate of drug-likeness (QED) is 0.527. The highest BCUT2D eigenvalue weighted by molar-refractivity contribution is 5.77. The lowest BCUT2D eigenvalue weighted by Crippen LogP contribution is -2.24. The van der Waals surface area contributed by atoms with Crippen LogP contribution in [-0.2, 0) is 6.54 Å². The minimum Gasteiger partial charge on any atom is -0.493 e. The zero-order valence-electron chi connectivity index (χ0n) is 15.7. The molecular weight excluding hydrogens is 360 g/mol. The van der Waals surface area contributed by atoms with Crippen molar-refractivity contribution in [2.24, 2.45) is 0 Å². The number of hydrogen-bond acceptors (Lipinski definition) is 7. The van der Waals surface area contributed by atoms with Gasteiger partial charge < -0.3 is 13.9 Å². The van der Waals surface area contributed by atoms with Crippen molar-refractivity contribution in [3.63, 3.8) is 0 Å². The van der Waals surface area contributed by atoms with E-state index in [-0.39, 0.29) is 12.1 Å². The van der Waals surface area contributed by atoms with E-state index in [1.54, 1.807) is 45.4 Å².